The number of aryl methyl sites for hydroxylation is 1. The van der Waals surface area contributed by atoms with Gasteiger partial charge in [0.1, 0.15) is 11.6 Å². The SMILES string of the molecule is Cc1cccc(NC2CCCN(c3cccc(F)c3)C2)n1. The Morgan fingerprint density at radius 3 is 2.90 bits per heavy atom. The van der Waals surface area contributed by atoms with Crippen molar-refractivity contribution in [2.75, 3.05) is 23.3 Å². The van der Waals surface area contributed by atoms with Gasteiger partial charge in [0, 0.05) is 30.5 Å². The van der Waals surface area contributed by atoms with Crippen molar-refractivity contribution >= 4 is 11.5 Å². The van der Waals surface area contributed by atoms with Crippen LogP contribution in [0.25, 0.3) is 0 Å². The summed E-state index contributed by atoms with van der Waals surface area (Å²) in [4.78, 5) is 6.73. The molecule has 1 N–H and O–H groups in total. The van der Waals surface area contributed by atoms with Crippen LogP contribution in [-0.2, 0) is 0 Å². The van der Waals surface area contributed by atoms with Gasteiger partial charge in [0.05, 0.1) is 0 Å². The lowest BCUT2D eigenvalue weighted by Gasteiger charge is -2.35. The van der Waals surface area contributed by atoms with Crippen LogP contribution in [0.5, 0.6) is 0 Å². The zero-order chi connectivity index (χ0) is 14.7. The van der Waals surface area contributed by atoms with Gasteiger partial charge in [0.15, 0.2) is 0 Å². The topological polar surface area (TPSA) is 28.2 Å². The van der Waals surface area contributed by atoms with Crippen LogP contribution in [-0.4, -0.2) is 24.1 Å². The number of rotatable bonds is 3. The van der Waals surface area contributed by atoms with E-state index in [1.54, 1.807) is 12.1 Å². The molecule has 0 spiro atoms. The molecule has 0 aliphatic carbocycles. The van der Waals surface area contributed by atoms with E-state index in [0.717, 1.165) is 43.1 Å². The quantitative estimate of drug-likeness (QED) is 0.933. The molecule has 2 aromatic rings. The molecule has 1 atom stereocenters. The Balaban J connectivity index is 1.68. The van der Waals surface area contributed by atoms with E-state index in [1.165, 1.54) is 6.07 Å². The van der Waals surface area contributed by atoms with Gasteiger partial charge in [-0.2, -0.15) is 0 Å². The Kier molecular flexibility index (Phi) is 4.04. The van der Waals surface area contributed by atoms with Crippen LogP contribution < -0.4 is 10.2 Å². The van der Waals surface area contributed by atoms with Crippen molar-refractivity contribution in [3.8, 4) is 0 Å². The number of hydrogen-bond acceptors (Lipinski definition) is 3. The van der Waals surface area contributed by atoms with Crippen LogP contribution >= 0.6 is 0 Å². The number of nitrogens with one attached hydrogen (secondary N) is 1. The number of pyridine rings is 1. The molecule has 1 saturated heterocycles. The fraction of sp³-hybridized carbons (Fsp3) is 0.353. The molecule has 0 radical (unpaired) electrons. The predicted octanol–water partition coefficient (Wildman–Crippen LogP) is 3.61. The third-order valence-corrected chi connectivity index (χ3v) is 3.84. The minimum atomic E-state index is -0.178. The number of halogens is 1. The molecule has 2 heterocycles. The summed E-state index contributed by atoms with van der Waals surface area (Å²) >= 11 is 0. The van der Waals surface area contributed by atoms with Crippen molar-refractivity contribution in [3.63, 3.8) is 0 Å². The lowest BCUT2D eigenvalue weighted by Crippen LogP contribution is -2.42. The maximum Gasteiger partial charge on any atom is 0.126 e. The Morgan fingerprint density at radius 1 is 1.24 bits per heavy atom. The van der Waals surface area contributed by atoms with Gasteiger partial charge in [-0.25, -0.2) is 9.37 Å². The fourth-order valence-electron chi connectivity index (χ4n) is 2.83. The zero-order valence-corrected chi connectivity index (χ0v) is 12.2. The number of hydrogen-bond donors (Lipinski definition) is 1. The van der Waals surface area contributed by atoms with Gasteiger partial charge >= 0.3 is 0 Å². The van der Waals surface area contributed by atoms with Crippen molar-refractivity contribution in [3.05, 3.63) is 54.0 Å². The highest BCUT2D eigenvalue weighted by Gasteiger charge is 2.20. The summed E-state index contributed by atoms with van der Waals surface area (Å²) in [5, 5.41) is 3.49. The molecule has 1 fully saturated rings. The van der Waals surface area contributed by atoms with E-state index in [2.05, 4.69) is 15.2 Å². The van der Waals surface area contributed by atoms with Gasteiger partial charge in [0.2, 0.25) is 0 Å². The molecule has 1 aliphatic heterocycles. The van der Waals surface area contributed by atoms with Gasteiger partial charge in [-0.05, 0) is 50.1 Å². The van der Waals surface area contributed by atoms with Gasteiger partial charge in [0.25, 0.3) is 0 Å². The second-order valence-corrected chi connectivity index (χ2v) is 5.57. The van der Waals surface area contributed by atoms with Crippen LogP contribution in [0.3, 0.4) is 0 Å². The first kappa shape index (κ1) is 13.9. The standard InChI is InChI=1S/C17H20FN3/c1-13-5-2-9-17(19-13)20-15-7-4-10-21(12-15)16-8-3-6-14(18)11-16/h2-3,5-6,8-9,11,15H,4,7,10,12H2,1H3,(H,19,20). The summed E-state index contributed by atoms with van der Waals surface area (Å²) in [6.45, 7) is 3.84. The third kappa shape index (κ3) is 3.51. The van der Waals surface area contributed by atoms with Gasteiger partial charge in [-0.1, -0.05) is 12.1 Å². The fourth-order valence-corrected chi connectivity index (χ4v) is 2.83. The van der Waals surface area contributed by atoms with Crippen molar-refractivity contribution < 1.29 is 4.39 Å². The van der Waals surface area contributed by atoms with Gasteiger partial charge in [-0.15, -0.1) is 0 Å². The average molecular weight is 285 g/mol. The Morgan fingerprint density at radius 2 is 2.10 bits per heavy atom. The van der Waals surface area contributed by atoms with Crippen molar-refractivity contribution in [1.82, 2.24) is 4.98 Å². The average Bonchev–Trinajstić information content (AvgIpc) is 2.47. The van der Waals surface area contributed by atoms with Gasteiger partial charge < -0.3 is 10.2 Å². The van der Waals surface area contributed by atoms with E-state index >= 15 is 0 Å². The summed E-state index contributed by atoms with van der Waals surface area (Å²) in [6.07, 6.45) is 2.21. The highest BCUT2D eigenvalue weighted by molar-refractivity contribution is 5.48. The molecule has 3 nitrogen and oxygen atoms in total. The summed E-state index contributed by atoms with van der Waals surface area (Å²) in [7, 11) is 0. The lowest BCUT2D eigenvalue weighted by molar-refractivity contribution is 0.527. The lowest BCUT2D eigenvalue weighted by atomic mass is 10.0. The largest absolute Gasteiger partial charge is 0.369 e. The molecule has 3 rings (SSSR count). The molecule has 110 valence electrons. The van der Waals surface area contributed by atoms with E-state index in [4.69, 9.17) is 0 Å². The number of anilines is 2. The first-order valence-corrected chi connectivity index (χ1v) is 7.41. The maximum absolute atomic E-state index is 13.4. The highest BCUT2D eigenvalue weighted by Crippen LogP contribution is 2.22. The van der Waals surface area contributed by atoms with Crippen molar-refractivity contribution in [1.29, 1.82) is 0 Å². The van der Waals surface area contributed by atoms with Crippen LogP contribution in [0.15, 0.2) is 42.5 Å². The monoisotopic (exact) mass is 285 g/mol. The van der Waals surface area contributed by atoms with Crippen LogP contribution in [0, 0.1) is 12.7 Å². The molecule has 21 heavy (non-hydrogen) atoms. The van der Waals surface area contributed by atoms with Crippen LogP contribution in [0.1, 0.15) is 18.5 Å². The second-order valence-electron chi connectivity index (χ2n) is 5.57. The van der Waals surface area contributed by atoms with Crippen LogP contribution in [0.4, 0.5) is 15.9 Å². The summed E-state index contributed by atoms with van der Waals surface area (Å²) < 4.78 is 13.4. The Bertz CT molecular complexity index is 614. The number of benzene rings is 1. The van der Waals surface area contributed by atoms with E-state index in [9.17, 15) is 4.39 Å². The molecular weight excluding hydrogens is 265 g/mol. The Labute approximate surface area is 124 Å². The molecule has 0 bridgehead atoms. The molecule has 1 aromatic carbocycles. The van der Waals surface area contributed by atoms with Crippen molar-refractivity contribution in [2.45, 2.75) is 25.8 Å². The normalized spacial score (nSPS) is 18.6. The summed E-state index contributed by atoms with van der Waals surface area (Å²) in [5.74, 6) is 0.740. The highest BCUT2D eigenvalue weighted by atomic mass is 19.1. The van der Waals surface area contributed by atoms with Crippen molar-refractivity contribution in [2.24, 2.45) is 0 Å². The Hall–Kier alpha value is -2.10. The number of nitrogens with zero attached hydrogens (tertiary/aromatic N) is 2. The molecule has 1 aromatic heterocycles. The zero-order valence-electron chi connectivity index (χ0n) is 12.2. The van der Waals surface area contributed by atoms with Gasteiger partial charge in [-0.3, -0.25) is 0 Å². The van der Waals surface area contributed by atoms with Crippen LogP contribution in [0.2, 0.25) is 0 Å². The molecule has 0 amide bonds. The maximum atomic E-state index is 13.4. The number of piperidine rings is 1. The van der Waals surface area contributed by atoms with E-state index in [1.807, 2.05) is 31.2 Å². The molecule has 1 unspecified atom stereocenters. The molecular formula is C17H20FN3. The minimum Gasteiger partial charge on any atom is -0.369 e. The summed E-state index contributed by atoms with van der Waals surface area (Å²) in [6, 6.07) is 13.2. The first-order valence-electron chi connectivity index (χ1n) is 7.41. The predicted molar refractivity (Wildman–Crippen MR) is 84.2 cm³/mol. The first-order chi connectivity index (χ1) is 10.2. The smallest absolute Gasteiger partial charge is 0.126 e. The number of aromatic nitrogens is 1. The van der Waals surface area contributed by atoms with E-state index < -0.39 is 0 Å². The van der Waals surface area contributed by atoms with E-state index in [0.29, 0.717) is 6.04 Å². The minimum absolute atomic E-state index is 0.178. The molecule has 1 aliphatic rings. The molecule has 4 heteroatoms. The van der Waals surface area contributed by atoms with E-state index in [-0.39, 0.29) is 5.82 Å². The third-order valence-electron chi connectivity index (χ3n) is 3.84. The summed E-state index contributed by atoms with van der Waals surface area (Å²) in [5.41, 5.74) is 1.97. The second kappa shape index (κ2) is 6.12. The molecule has 0 saturated carbocycles.